The quantitative estimate of drug-likeness (QED) is 0.838. The Bertz CT molecular complexity index is 786. The number of carbonyl (C=O) groups is 2. The maximum Gasteiger partial charge on any atom is 0.335 e. The Morgan fingerprint density at radius 1 is 1.04 bits per heavy atom. The molecule has 0 heterocycles. The van der Waals surface area contributed by atoms with E-state index in [0.29, 0.717) is 12.0 Å². The number of hydrogen-bond donors (Lipinski definition) is 2. The van der Waals surface area contributed by atoms with Crippen molar-refractivity contribution in [2.45, 2.75) is 32.2 Å². The number of nitrogens with one attached hydrogen (secondary N) is 1. The predicted octanol–water partition coefficient (Wildman–Crippen LogP) is 3.65. The molecule has 0 spiro atoms. The largest absolute Gasteiger partial charge is 0.478 e. The molecule has 0 saturated heterocycles. The molecule has 6 heteroatoms. The molecule has 0 aliphatic carbocycles. The van der Waals surface area contributed by atoms with E-state index >= 15 is 0 Å². The second-order valence-corrected chi connectivity index (χ2v) is 6.30. The van der Waals surface area contributed by atoms with E-state index < -0.39 is 23.1 Å². The van der Waals surface area contributed by atoms with Crippen LogP contribution < -0.4 is 5.32 Å². The number of aromatic carboxylic acids is 1. The average molecular weight is 347 g/mol. The van der Waals surface area contributed by atoms with Crippen LogP contribution in [0.25, 0.3) is 0 Å². The Morgan fingerprint density at radius 2 is 1.68 bits per heavy atom. The van der Waals surface area contributed by atoms with Gasteiger partial charge in [-0.2, -0.15) is 0 Å². The van der Waals surface area contributed by atoms with Crippen molar-refractivity contribution < 1.29 is 23.5 Å². The third kappa shape index (κ3) is 4.86. The van der Waals surface area contributed by atoms with Gasteiger partial charge in [-0.1, -0.05) is 18.2 Å². The summed E-state index contributed by atoms with van der Waals surface area (Å²) < 4.78 is 26.4. The molecule has 2 rings (SSSR count). The molecular formula is C19H19F2NO3. The van der Waals surface area contributed by atoms with E-state index in [4.69, 9.17) is 5.11 Å². The summed E-state index contributed by atoms with van der Waals surface area (Å²) in [5.41, 5.74) is 0.641. The molecule has 0 saturated carbocycles. The number of carboxylic acids is 1. The highest BCUT2D eigenvalue weighted by molar-refractivity contribution is 5.87. The minimum atomic E-state index is -1.00. The number of benzene rings is 2. The second kappa shape index (κ2) is 7.42. The molecule has 2 aromatic rings. The molecule has 2 aromatic carbocycles. The SMILES string of the molecule is CC(C)(NC(=O)CCc1ccc(C(=O)O)cc1)c1ccc(F)c(F)c1. The molecule has 0 fully saturated rings. The van der Waals surface area contributed by atoms with Crippen LogP contribution >= 0.6 is 0 Å². The maximum absolute atomic E-state index is 13.4. The lowest BCUT2D eigenvalue weighted by atomic mass is 9.93. The molecule has 0 aromatic heterocycles. The molecule has 0 radical (unpaired) electrons. The van der Waals surface area contributed by atoms with E-state index in [-0.39, 0.29) is 17.9 Å². The lowest BCUT2D eigenvalue weighted by Gasteiger charge is -2.27. The molecule has 0 bridgehead atoms. The Balaban J connectivity index is 1.96. The van der Waals surface area contributed by atoms with Gasteiger partial charge in [0.25, 0.3) is 0 Å². The highest BCUT2D eigenvalue weighted by Gasteiger charge is 2.23. The summed E-state index contributed by atoms with van der Waals surface area (Å²) in [4.78, 5) is 23.0. The minimum absolute atomic E-state index is 0.188. The monoisotopic (exact) mass is 347 g/mol. The van der Waals surface area contributed by atoms with E-state index in [9.17, 15) is 18.4 Å². The summed E-state index contributed by atoms with van der Waals surface area (Å²) in [5.74, 6) is -3.14. The second-order valence-electron chi connectivity index (χ2n) is 6.30. The summed E-state index contributed by atoms with van der Waals surface area (Å²) in [7, 11) is 0. The van der Waals surface area contributed by atoms with Crippen molar-refractivity contribution in [2.75, 3.05) is 0 Å². The summed E-state index contributed by atoms with van der Waals surface area (Å²) in [6, 6.07) is 9.84. The van der Waals surface area contributed by atoms with E-state index in [1.54, 1.807) is 26.0 Å². The molecule has 2 N–H and O–H groups in total. The highest BCUT2D eigenvalue weighted by atomic mass is 19.2. The van der Waals surface area contributed by atoms with Crippen LogP contribution in [-0.2, 0) is 16.8 Å². The lowest BCUT2D eigenvalue weighted by Crippen LogP contribution is -2.41. The first kappa shape index (κ1) is 18.6. The van der Waals surface area contributed by atoms with Gasteiger partial charge >= 0.3 is 5.97 Å². The van der Waals surface area contributed by atoms with Crippen molar-refractivity contribution in [3.05, 3.63) is 70.8 Å². The van der Waals surface area contributed by atoms with E-state index in [1.807, 2.05) is 0 Å². The van der Waals surface area contributed by atoms with Crippen LogP contribution in [0.1, 0.15) is 41.8 Å². The van der Waals surface area contributed by atoms with E-state index in [2.05, 4.69) is 5.32 Å². The van der Waals surface area contributed by atoms with Crippen LogP contribution in [0.5, 0.6) is 0 Å². The number of amides is 1. The molecule has 0 atom stereocenters. The number of rotatable bonds is 6. The first-order chi connectivity index (χ1) is 11.7. The zero-order valence-corrected chi connectivity index (χ0v) is 14.0. The molecule has 4 nitrogen and oxygen atoms in total. The topological polar surface area (TPSA) is 66.4 Å². The van der Waals surface area contributed by atoms with Crippen LogP contribution in [0.4, 0.5) is 8.78 Å². The number of halogens is 2. The van der Waals surface area contributed by atoms with Gasteiger partial charge in [0.1, 0.15) is 0 Å². The number of carbonyl (C=O) groups excluding carboxylic acids is 1. The average Bonchev–Trinajstić information content (AvgIpc) is 2.55. The van der Waals surface area contributed by atoms with Gasteiger partial charge in [0.05, 0.1) is 11.1 Å². The molecule has 0 aliphatic rings. The van der Waals surface area contributed by atoms with Gasteiger partial charge in [-0.05, 0) is 55.7 Å². The van der Waals surface area contributed by atoms with Gasteiger partial charge in [0.15, 0.2) is 11.6 Å². The van der Waals surface area contributed by atoms with Crippen LogP contribution in [-0.4, -0.2) is 17.0 Å². The molecular weight excluding hydrogens is 328 g/mol. The van der Waals surface area contributed by atoms with Gasteiger partial charge in [0, 0.05) is 6.42 Å². The van der Waals surface area contributed by atoms with Crippen molar-refractivity contribution in [3.63, 3.8) is 0 Å². The molecule has 0 aliphatic heterocycles. The number of carboxylic acid groups (broad SMARTS) is 1. The van der Waals surface area contributed by atoms with Gasteiger partial charge in [0.2, 0.25) is 5.91 Å². The Morgan fingerprint density at radius 3 is 2.24 bits per heavy atom. The lowest BCUT2D eigenvalue weighted by molar-refractivity contribution is -0.122. The highest BCUT2D eigenvalue weighted by Crippen LogP contribution is 2.22. The fourth-order valence-electron chi connectivity index (χ4n) is 2.44. The van der Waals surface area contributed by atoms with Crippen LogP contribution in [0, 0.1) is 11.6 Å². The van der Waals surface area contributed by atoms with Crippen molar-refractivity contribution in [2.24, 2.45) is 0 Å². The van der Waals surface area contributed by atoms with Gasteiger partial charge in [-0.25, -0.2) is 13.6 Å². The van der Waals surface area contributed by atoms with E-state index in [0.717, 1.165) is 17.7 Å². The maximum atomic E-state index is 13.4. The summed E-state index contributed by atoms with van der Waals surface area (Å²) in [5, 5.41) is 11.6. The molecule has 25 heavy (non-hydrogen) atoms. The van der Waals surface area contributed by atoms with Crippen LogP contribution in [0.2, 0.25) is 0 Å². The first-order valence-corrected chi connectivity index (χ1v) is 7.78. The van der Waals surface area contributed by atoms with Crippen molar-refractivity contribution in [1.82, 2.24) is 5.32 Å². The minimum Gasteiger partial charge on any atom is -0.478 e. The summed E-state index contributed by atoms with van der Waals surface area (Å²) >= 11 is 0. The fourth-order valence-corrected chi connectivity index (χ4v) is 2.44. The predicted molar refractivity (Wildman–Crippen MR) is 89.2 cm³/mol. The van der Waals surface area contributed by atoms with Crippen LogP contribution in [0.3, 0.4) is 0 Å². The summed E-state index contributed by atoms with van der Waals surface area (Å²) in [6.07, 6.45) is 0.638. The van der Waals surface area contributed by atoms with Gasteiger partial charge in [-0.15, -0.1) is 0 Å². The normalized spacial score (nSPS) is 11.2. The smallest absolute Gasteiger partial charge is 0.335 e. The molecule has 0 unspecified atom stereocenters. The first-order valence-electron chi connectivity index (χ1n) is 7.78. The number of aryl methyl sites for hydroxylation is 1. The third-order valence-corrected chi connectivity index (χ3v) is 3.93. The van der Waals surface area contributed by atoms with Crippen molar-refractivity contribution >= 4 is 11.9 Å². The van der Waals surface area contributed by atoms with Crippen molar-refractivity contribution in [1.29, 1.82) is 0 Å². The fraction of sp³-hybridized carbons (Fsp3) is 0.263. The third-order valence-electron chi connectivity index (χ3n) is 3.93. The van der Waals surface area contributed by atoms with Crippen molar-refractivity contribution in [3.8, 4) is 0 Å². The van der Waals surface area contributed by atoms with Gasteiger partial charge in [-0.3, -0.25) is 4.79 Å². The zero-order valence-electron chi connectivity index (χ0n) is 14.0. The zero-order chi connectivity index (χ0) is 18.6. The summed E-state index contributed by atoms with van der Waals surface area (Å²) in [6.45, 7) is 3.42. The Hall–Kier alpha value is -2.76. The van der Waals surface area contributed by atoms with Crippen LogP contribution in [0.15, 0.2) is 42.5 Å². The Labute approximate surface area is 144 Å². The van der Waals surface area contributed by atoms with E-state index in [1.165, 1.54) is 18.2 Å². The standard InChI is InChI=1S/C19H19F2NO3/c1-19(2,14-8-9-15(20)16(21)11-14)22-17(23)10-5-12-3-6-13(7-4-12)18(24)25/h3-4,6-9,11H,5,10H2,1-2H3,(H,22,23)(H,24,25). The number of hydrogen-bond acceptors (Lipinski definition) is 2. The molecule has 132 valence electrons. The molecule has 1 amide bonds. The van der Waals surface area contributed by atoms with Gasteiger partial charge < -0.3 is 10.4 Å². The Kier molecular flexibility index (Phi) is 5.51.